The van der Waals surface area contributed by atoms with Crippen LogP contribution in [0, 0.1) is 0 Å². The molecule has 3 heterocycles. The SMILES string of the molecule is COc1ccc(-c2cc3c4c(c2)[C@@H]2CNCC[C@@H]2N4CCCS3)c(C=O)c1. The number of carbonyl (C=O) groups excluding carboxylic acids is 1. The number of piperidine rings is 1. The van der Waals surface area contributed by atoms with E-state index in [2.05, 4.69) is 22.3 Å². The molecule has 1 N–H and O–H groups in total. The van der Waals surface area contributed by atoms with Gasteiger partial charge in [-0.15, -0.1) is 11.8 Å². The number of hydrogen-bond acceptors (Lipinski definition) is 5. The van der Waals surface area contributed by atoms with Gasteiger partial charge in [-0.3, -0.25) is 4.79 Å². The van der Waals surface area contributed by atoms with E-state index in [1.54, 1.807) is 7.11 Å². The van der Waals surface area contributed by atoms with Crippen LogP contribution < -0.4 is 15.0 Å². The zero-order valence-electron chi connectivity index (χ0n) is 15.5. The Morgan fingerprint density at radius 1 is 1.30 bits per heavy atom. The number of ether oxygens (including phenoxy) is 1. The van der Waals surface area contributed by atoms with E-state index in [0.29, 0.717) is 17.5 Å². The van der Waals surface area contributed by atoms with Crippen LogP contribution in [0.2, 0.25) is 0 Å². The molecule has 4 nitrogen and oxygen atoms in total. The van der Waals surface area contributed by atoms with E-state index < -0.39 is 0 Å². The number of aldehydes is 1. The zero-order valence-corrected chi connectivity index (χ0v) is 16.3. The van der Waals surface area contributed by atoms with E-state index in [4.69, 9.17) is 4.74 Å². The number of fused-ring (bicyclic) bond motifs is 3. The van der Waals surface area contributed by atoms with Gasteiger partial charge in [0, 0.05) is 35.5 Å². The fourth-order valence-electron chi connectivity index (χ4n) is 4.91. The number of methoxy groups -OCH3 is 1. The number of hydrogen-bond donors (Lipinski definition) is 1. The molecule has 2 aromatic rings. The predicted molar refractivity (Wildman–Crippen MR) is 111 cm³/mol. The first-order valence-electron chi connectivity index (χ1n) is 9.72. The molecule has 1 saturated heterocycles. The molecule has 3 aliphatic heterocycles. The van der Waals surface area contributed by atoms with Gasteiger partial charge in [-0.1, -0.05) is 0 Å². The molecule has 5 heteroatoms. The van der Waals surface area contributed by atoms with Crippen LogP contribution in [-0.4, -0.2) is 44.8 Å². The number of benzene rings is 2. The van der Waals surface area contributed by atoms with Gasteiger partial charge in [0.1, 0.15) is 5.75 Å². The lowest BCUT2D eigenvalue weighted by atomic mass is 9.88. The van der Waals surface area contributed by atoms with Crippen molar-refractivity contribution in [1.82, 2.24) is 5.32 Å². The Morgan fingerprint density at radius 2 is 2.22 bits per heavy atom. The summed E-state index contributed by atoms with van der Waals surface area (Å²) in [5.74, 6) is 2.42. The lowest BCUT2D eigenvalue weighted by Gasteiger charge is -2.33. The first-order chi connectivity index (χ1) is 13.3. The van der Waals surface area contributed by atoms with Gasteiger partial charge in [0.2, 0.25) is 0 Å². The summed E-state index contributed by atoms with van der Waals surface area (Å²) < 4.78 is 5.30. The third-order valence-corrected chi connectivity index (χ3v) is 7.25. The highest BCUT2D eigenvalue weighted by molar-refractivity contribution is 7.99. The van der Waals surface area contributed by atoms with E-state index in [1.807, 2.05) is 30.0 Å². The molecule has 140 valence electrons. The van der Waals surface area contributed by atoms with Crippen molar-refractivity contribution >= 4 is 23.7 Å². The monoisotopic (exact) mass is 380 g/mol. The van der Waals surface area contributed by atoms with E-state index in [-0.39, 0.29) is 0 Å². The van der Waals surface area contributed by atoms with Gasteiger partial charge in [0.25, 0.3) is 0 Å². The molecule has 2 atom stereocenters. The van der Waals surface area contributed by atoms with Gasteiger partial charge >= 0.3 is 0 Å². The van der Waals surface area contributed by atoms with Crippen LogP contribution in [0.3, 0.4) is 0 Å². The molecule has 0 bridgehead atoms. The molecule has 0 radical (unpaired) electrons. The van der Waals surface area contributed by atoms with Gasteiger partial charge in [0.15, 0.2) is 6.29 Å². The molecule has 3 aliphatic rings. The standard InChI is InChI=1S/C22H24N2O2S/c1-26-16-3-4-17(15(9-16)13-25)14-10-18-19-12-23-6-5-20(19)24-7-2-8-27-21(11-14)22(18)24/h3-4,9-11,13,19-20,23H,2,5-8,12H2,1H3/t19-,20-/m0/s1. The highest BCUT2D eigenvalue weighted by atomic mass is 32.2. The zero-order chi connectivity index (χ0) is 18.4. The van der Waals surface area contributed by atoms with Crippen molar-refractivity contribution in [3.8, 4) is 16.9 Å². The molecule has 2 aromatic carbocycles. The summed E-state index contributed by atoms with van der Waals surface area (Å²) in [6.45, 7) is 3.31. The Labute approximate surface area is 164 Å². The highest BCUT2D eigenvalue weighted by Crippen LogP contribution is 2.51. The third-order valence-electron chi connectivity index (χ3n) is 6.13. The number of carbonyl (C=O) groups is 1. The normalized spacial score (nSPS) is 23.4. The topological polar surface area (TPSA) is 41.6 Å². The summed E-state index contributed by atoms with van der Waals surface area (Å²) in [6.07, 6.45) is 3.38. The Balaban J connectivity index is 1.67. The lowest BCUT2D eigenvalue weighted by Crippen LogP contribution is -2.44. The van der Waals surface area contributed by atoms with Gasteiger partial charge in [-0.2, -0.15) is 0 Å². The fourth-order valence-corrected chi connectivity index (χ4v) is 5.98. The number of anilines is 1. The number of nitrogens with zero attached hydrogens (tertiary/aromatic N) is 1. The minimum atomic E-state index is 0.545. The maximum atomic E-state index is 11.7. The lowest BCUT2D eigenvalue weighted by molar-refractivity contribution is 0.112. The molecule has 0 aliphatic carbocycles. The van der Waals surface area contributed by atoms with Gasteiger partial charge in [-0.25, -0.2) is 0 Å². The van der Waals surface area contributed by atoms with Crippen molar-refractivity contribution in [2.75, 3.05) is 37.4 Å². The van der Waals surface area contributed by atoms with E-state index in [9.17, 15) is 4.79 Å². The first-order valence-corrected chi connectivity index (χ1v) is 10.7. The van der Waals surface area contributed by atoms with Crippen LogP contribution in [-0.2, 0) is 0 Å². The van der Waals surface area contributed by atoms with Crippen LogP contribution in [0.15, 0.2) is 35.2 Å². The predicted octanol–water partition coefficient (Wildman–Crippen LogP) is 3.94. The average molecular weight is 381 g/mol. The van der Waals surface area contributed by atoms with Crippen LogP contribution in [0.5, 0.6) is 5.75 Å². The quantitative estimate of drug-likeness (QED) is 0.817. The summed E-state index contributed by atoms with van der Waals surface area (Å²) >= 11 is 1.97. The first kappa shape index (κ1) is 17.1. The Bertz CT molecular complexity index is 898. The van der Waals surface area contributed by atoms with Crippen LogP contribution in [0.25, 0.3) is 11.1 Å². The maximum absolute atomic E-state index is 11.7. The smallest absolute Gasteiger partial charge is 0.150 e. The molecule has 0 spiro atoms. The third kappa shape index (κ3) is 2.75. The van der Waals surface area contributed by atoms with Crippen LogP contribution >= 0.6 is 11.8 Å². The van der Waals surface area contributed by atoms with Crippen molar-refractivity contribution in [3.63, 3.8) is 0 Å². The van der Waals surface area contributed by atoms with Crippen molar-refractivity contribution < 1.29 is 9.53 Å². The largest absolute Gasteiger partial charge is 0.497 e. The van der Waals surface area contributed by atoms with Gasteiger partial charge in [0.05, 0.1) is 12.8 Å². The Kier molecular flexibility index (Phi) is 4.37. The molecule has 0 aromatic heterocycles. The second-order valence-corrected chi connectivity index (χ2v) is 8.68. The maximum Gasteiger partial charge on any atom is 0.150 e. The number of rotatable bonds is 3. The summed E-state index contributed by atoms with van der Waals surface area (Å²) in [5, 5.41) is 3.59. The molecular formula is C22H24N2O2S. The second-order valence-electron chi connectivity index (χ2n) is 7.55. The Hall–Kier alpha value is -1.98. The summed E-state index contributed by atoms with van der Waals surface area (Å²) in [6, 6.07) is 11.0. The second kappa shape index (κ2) is 6.88. The highest BCUT2D eigenvalue weighted by Gasteiger charge is 2.41. The molecule has 1 fully saturated rings. The van der Waals surface area contributed by atoms with Crippen molar-refractivity contribution in [2.45, 2.75) is 29.7 Å². The summed E-state index contributed by atoms with van der Waals surface area (Å²) in [7, 11) is 1.63. The molecule has 27 heavy (non-hydrogen) atoms. The Morgan fingerprint density at radius 3 is 3.07 bits per heavy atom. The molecule has 0 unspecified atom stereocenters. The minimum Gasteiger partial charge on any atom is -0.497 e. The number of thioether (sulfide) groups is 1. The van der Waals surface area contributed by atoms with Crippen molar-refractivity contribution in [3.05, 3.63) is 41.5 Å². The molecular weight excluding hydrogens is 356 g/mol. The van der Waals surface area contributed by atoms with E-state index >= 15 is 0 Å². The van der Waals surface area contributed by atoms with E-state index in [1.165, 1.54) is 29.0 Å². The van der Waals surface area contributed by atoms with E-state index in [0.717, 1.165) is 48.5 Å². The minimum absolute atomic E-state index is 0.545. The molecule has 5 rings (SSSR count). The molecule has 0 saturated carbocycles. The van der Waals surface area contributed by atoms with Crippen molar-refractivity contribution in [1.29, 1.82) is 0 Å². The van der Waals surface area contributed by atoms with Crippen LogP contribution in [0.1, 0.15) is 34.7 Å². The summed E-state index contributed by atoms with van der Waals surface area (Å²) in [5.41, 5.74) is 5.75. The fraction of sp³-hybridized carbons (Fsp3) is 0.409. The summed E-state index contributed by atoms with van der Waals surface area (Å²) in [4.78, 5) is 15.8. The molecule has 0 amide bonds. The average Bonchev–Trinajstić information content (AvgIpc) is 2.88. The number of nitrogens with one attached hydrogen (secondary N) is 1. The van der Waals surface area contributed by atoms with Gasteiger partial charge < -0.3 is 15.0 Å². The van der Waals surface area contributed by atoms with Gasteiger partial charge in [-0.05, 0) is 72.2 Å². The van der Waals surface area contributed by atoms with Crippen LogP contribution in [0.4, 0.5) is 5.69 Å². The van der Waals surface area contributed by atoms with Crippen molar-refractivity contribution in [2.24, 2.45) is 0 Å².